The number of anilines is 1. The Labute approximate surface area is 114 Å². The lowest BCUT2D eigenvalue weighted by molar-refractivity contribution is 0.366. The van der Waals surface area contributed by atoms with Gasteiger partial charge in [0.1, 0.15) is 12.4 Å². The zero-order chi connectivity index (χ0) is 14.1. The van der Waals surface area contributed by atoms with E-state index in [0.29, 0.717) is 35.1 Å². The number of nitrogens with zero attached hydrogens (tertiary/aromatic N) is 4. The lowest BCUT2D eigenvalue weighted by Gasteiger charge is -1.98. The van der Waals surface area contributed by atoms with Gasteiger partial charge in [-0.15, -0.1) is 0 Å². The molecule has 6 nitrogen and oxygen atoms in total. The lowest BCUT2D eigenvalue weighted by Crippen LogP contribution is -2.00. The average molecular weight is 273 g/mol. The van der Waals surface area contributed by atoms with E-state index in [2.05, 4.69) is 15.2 Å². The highest BCUT2D eigenvalue weighted by molar-refractivity contribution is 5.55. The first-order valence-corrected chi connectivity index (χ1v) is 5.99. The molecule has 3 aromatic rings. The van der Waals surface area contributed by atoms with Gasteiger partial charge in [0.05, 0.1) is 11.9 Å². The summed E-state index contributed by atoms with van der Waals surface area (Å²) < 4.78 is 20.0. The molecule has 0 amide bonds. The van der Waals surface area contributed by atoms with Gasteiger partial charge in [0.2, 0.25) is 11.7 Å². The number of hydrogen-bond donors (Lipinski definition) is 1. The maximum Gasteiger partial charge on any atom is 0.248 e. The summed E-state index contributed by atoms with van der Waals surface area (Å²) in [6.07, 6.45) is 3.21. The molecule has 20 heavy (non-hydrogen) atoms. The topological polar surface area (TPSA) is 82.8 Å². The van der Waals surface area contributed by atoms with E-state index in [0.717, 1.165) is 0 Å². The van der Waals surface area contributed by atoms with Crippen molar-refractivity contribution in [2.24, 2.45) is 0 Å². The van der Waals surface area contributed by atoms with E-state index in [1.54, 1.807) is 36.1 Å². The normalized spacial score (nSPS) is 10.9. The van der Waals surface area contributed by atoms with E-state index in [-0.39, 0.29) is 5.82 Å². The highest BCUT2D eigenvalue weighted by atomic mass is 19.1. The molecule has 2 N–H and O–H groups in total. The van der Waals surface area contributed by atoms with Gasteiger partial charge >= 0.3 is 0 Å². The summed E-state index contributed by atoms with van der Waals surface area (Å²) in [5.74, 6) is 0.567. The zero-order valence-electron chi connectivity index (χ0n) is 10.7. The van der Waals surface area contributed by atoms with Crippen molar-refractivity contribution in [2.75, 3.05) is 5.73 Å². The molecule has 0 fully saturated rings. The van der Waals surface area contributed by atoms with Gasteiger partial charge in [-0.3, -0.25) is 4.68 Å². The third-order valence-electron chi connectivity index (χ3n) is 2.83. The molecule has 7 heteroatoms. The molecule has 1 aromatic carbocycles. The average Bonchev–Trinajstić information content (AvgIpc) is 3.03. The van der Waals surface area contributed by atoms with Crippen LogP contribution in [0.3, 0.4) is 0 Å². The predicted octanol–water partition coefficient (Wildman–Crippen LogP) is 2.01. The molecule has 2 heterocycles. The van der Waals surface area contributed by atoms with Gasteiger partial charge in [0.15, 0.2) is 0 Å². The molecule has 102 valence electrons. The molecule has 0 aliphatic carbocycles. The number of aromatic nitrogens is 4. The largest absolute Gasteiger partial charge is 0.396 e. The third-order valence-corrected chi connectivity index (χ3v) is 2.83. The molecule has 0 saturated carbocycles. The Morgan fingerprint density at radius 3 is 2.95 bits per heavy atom. The van der Waals surface area contributed by atoms with Crippen LogP contribution in [0.1, 0.15) is 11.5 Å². The molecular formula is C13H12FN5O. The first-order chi connectivity index (χ1) is 9.61. The van der Waals surface area contributed by atoms with Crippen LogP contribution >= 0.6 is 0 Å². The second-order valence-corrected chi connectivity index (χ2v) is 4.45. The van der Waals surface area contributed by atoms with Crippen LogP contribution in [-0.2, 0) is 6.54 Å². The second kappa shape index (κ2) is 4.76. The third kappa shape index (κ3) is 2.37. The molecule has 0 saturated heterocycles. The zero-order valence-corrected chi connectivity index (χ0v) is 10.7. The van der Waals surface area contributed by atoms with E-state index >= 15 is 0 Å². The highest BCUT2D eigenvalue weighted by Gasteiger charge is 2.10. The van der Waals surface area contributed by atoms with E-state index in [4.69, 9.17) is 10.3 Å². The van der Waals surface area contributed by atoms with Crippen LogP contribution in [0.4, 0.5) is 10.1 Å². The maximum atomic E-state index is 13.2. The summed E-state index contributed by atoms with van der Waals surface area (Å²) in [5.41, 5.74) is 7.39. The van der Waals surface area contributed by atoms with E-state index in [1.807, 2.05) is 0 Å². The van der Waals surface area contributed by atoms with Gasteiger partial charge in [0.25, 0.3) is 0 Å². The number of halogens is 1. The van der Waals surface area contributed by atoms with E-state index < -0.39 is 0 Å². The number of nitrogens with two attached hydrogens (primary N) is 1. The van der Waals surface area contributed by atoms with Crippen molar-refractivity contribution in [1.82, 2.24) is 19.9 Å². The van der Waals surface area contributed by atoms with Crippen LogP contribution in [0.5, 0.6) is 0 Å². The van der Waals surface area contributed by atoms with Crippen molar-refractivity contribution in [3.05, 3.63) is 47.9 Å². The SMILES string of the molecule is Cc1cc(-c2noc(Cn3cc(N)cn3)n2)ccc1F. The molecule has 0 aliphatic rings. The Hall–Kier alpha value is -2.70. The molecule has 3 rings (SSSR count). The van der Waals surface area contributed by atoms with Crippen LogP contribution in [0.15, 0.2) is 35.1 Å². The molecule has 0 atom stereocenters. The summed E-state index contributed by atoms with van der Waals surface area (Å²) in [6.45, 7) is 2.02. The fourth-order valence-corrected chi connectivity index (χ4v) is 1.82. The molecule has 2 aromatic heterocycles. The van der Waals surface area contributed by atoms with Crippen molar-refractivity contribution in [2.45, 2.75) is 13.5 Å². The minimum Gasteiger partial charge on any atom is -0.396 e. The molecule has 0 spiro atoms. The maximum absolute atomic E-state index is 13.2. The molecule has 0 bridgehead atoms. The van der Waals surface area contributed by atoms with Gasteiger partial charge in [-0.25, -0.2) is 4.39 Å². The molecular weight excluding hydrogens is 261 g/mol. The standard InChI is InChI=1S/C13H12FN5O/c1-8-4-9(2-3-11(8)14)13-17-12(20-18-13)7-19-6-10(15)5-16-19/h2-6H,7,15H2,1H3. The number of benzene rings is 1. The van der Waals surface area contributed by atoms with Crippen LogP contribution in [-0.4, -0.2) is 19.9 Å². The molecule has 0 unspecified atom stereocenters. The Morgan fingerprint density at radius 2 is 2.25 bits per heavy atom. The molecule has 0 radical (unpaired) electrons. The van der Waals surface area contributed by atoms with Gasteiger partial charge in [0, 0.05) is 11.8 Å². The number of hydrogen-bond acceptors (Lipinski definition) is 5. The van der Waals surface area contributed by atoms with Crippen molar-refractivity contribution in [3.8, 4) is 11.4 Å². The Kier molecular flexibility index (Phi) is 2.94. The number of aryl methyl sites for hydroxylation is 1. The monoisotopic (exact) mass is 273 g/mol. The van der Waals surface area contributed by atoms with Crippen LogP contribution in [0, 0.1) is 12.7 Å². The quantitative estimate of drug-likeness (QED) is 0.789. The fourth-order valence-electron chi connectivity index (χ4n) is 1.82. The van der Waals surface area contributed by atoms with Gasteiger partial charge < -0.3 is 10.3 Å². The predicted molar refractivity (Wildman–Crippen MR) is 70.2 cm³/mol. The minimum absolute atomic E-state index is 0.260. The summed E-state index contributed by atoms with van der Waals surface area (Å²) >= 11 is 0. The summed E-state index contributed by atoms with van der Waals surface area (Å²) in [5, 5.41) is 7.91. The summed E-state index contributed by atoms with van der Waals surface area (Å²) in [4.78, 5) is 4.25. The Balaban J connectivity index is 1.84. The summed E-state index contributed by atoms with van der Waals surface area (Å²) in [7, 11) is 0. The second-order valence-electron chi connectivity index (χ2n) is 4.45. The summed E-state index contributed by atoms with van der Waals surface area (Å²) in [6, 6.07) is 4.67. The van der Waals surface area contributed by atoms with Crippen molar-refractivity contribution < 1.29 is 8.91 Å². The Bertz CT molecular complexity index is 749. The van der Waals surface area contributed by atoms with Gasteiger partial charge in [-0.2, -0.15) is 10.1 Å². The lowest BCUT2D eigenvalue weighted by atomic mass is 10.1. The van der Waals surface area contributed by atoms with E-state index in [1.165, 1.54) is 6.07 Å². The minimum atomic E-state index is -0.260. The van der Waals surface area contributed by atoms with E-state index in [9.17, 15) is 4.39 Å². The number of nitrogen functional groups attached to an aromatic ring is 1. The van der Waals surface area contributed by atoms with Crippen molar-refractivity contribution in [1.29, 1.82) is 0 Å². The van der Waals surface area contributed by atoms with Crippen LogP contribution in [0.2, 0.25) is 0 Å². The fraction of sp³-hybridized carbons (Fsp3) is 0.154. The van der Waals surface area contributed by atoms with Crippen LogP contribution in [0.25, 0.3) is 11.4 Å². The van der Waals surface area contributed by atoms with Crippen LogP contribution < -0.4 is 5.73 Å². The van der Waals surface area contributed by atoms with Crippen molar-refractivity contribution in [3.63, 3.8) is 0 Å². The molecule has 0 aliphatic heterocycles. The smallest absolute Gasteiger partial charge is 0.248 e. The van der Waals surface area contributed by atoms with Crippen molar-refractivity contribution >= 4 is 5.69 Å². The van der Waals surface area contributed by atoms with Gasteiger partial charge in [-0.1, -0.05) is 5.16 Å². The first kappa shape index (κ1) is 12.3. The number of rotatable bonds is 3. The van der Waals surface area contributed by atoms with Gasteiger partial charge in [-0.05, 0) is 30.7 Å². The first-order valence-electron chi connectivity index (χ1n) is 5.99. The Morgan fingerprint density at radius 1 is 1.40 bits per heavy atom. The highest BCUT2D eigenvalue weighted by Crippen LogP contribution is 2.19.